The lowest BCUT2D eigenvalue weighted by atomic mass is 9.67. The van der Waals surface area contributed by atoms with Crippen molar-refractivity contribution in [2.45, 2.75) is 5.41 Å². The molecule has 0 aliphatic heterocycles. The first-order valence-corrected chi connectivity index (χ1v) is 21.0. The van der Waals surface area contributed by atoms with Crippen LogP contribution < -0.4 is 4.90 Å². The SMILES string of the molecule is c1ccc(N(c2ccccc2)c2cccc3oc4c5ccccc5c(-c5ccccc5-c5ccc6c(c5)C(c5ccccc5)(c5ccccc5)c5ccccc5-6)cc4c23)cc1. The molecule has 0 saturated heterocycles. The fourth-order valence-corrected chi connectivity index (χ4v) is 10.2. The minimum atomic E-state index is -0.486. The predicted molar refractivity (Wildman–Crippen MR) is 254 cm³/mol. The molecule has 0 unspecified atom stereocenters. The van der Waals surface area contributed by atoms with E-state index in [0.29, 0.717) is 0 Å². The van der Waals surface area contributed by atoms with Crippen LogP contribution in [0.5, 0.6) is 0 Å². The molecule has 10 aromatic carbocycles. The fourth-order valence-electron chi connectivity index (χ4n) is 10.2. The average Bonchev–Trinajstić information content (AvgIpc) is 3.87. The van der Waals surface area contributed by atoms with E-state index >= 15 is 0 Å². The first-order chi connectivity index (χ1) is 30.3. The van der Waals surface area contributed by atoms with Crippen molar-refractivity contribution in [2.75, 3.05) is 4.90 Å². The van der Waals surface area contributed by atoms with Gasteiger partial charge in [0.05, 0.1) is 16.5 Å². The molecular weight excluding hydrogens is 739 g/mol. The molecule has 0 radical (unpaired) electrons. The summed E-state index contributed by atoms with van der Waals surface area (Å²) in [6.07, 6.45) is 0. The maximum Gasteiger partial charge on any atom is 0.143 e. The van der Waals surface area contributed by atoms with E-state index in [1.807, 2.05) is 0 Å². The van der Waals surface area contributed by atoms with Crippen LogP contribution in [0.4, 0.5) is 17.1 Å². The van der Waals surface area contributed by atoms with E-state index in [9.17, 15) is 0 Å². The highest BCUT2D eigenvalue weighted by Crippen LogP contribution is 2.57. The monoisotopic (exact) mass is 777 g/mol. The molecule has 61 heavy (non-hydrogen) atoms. The Kier molecular flexibility index (Phi) is 8.11. The number of para-hydroxylation sites is 2. The molecule has 0 saturated carbocycles. The van der Waals surface area contributed by atoms with Crippen molar-refractivity contribution in [3.63, 3.8) is 0 Å². The van der Waals surface area contributed by atoms with Gasteiger partial charge < -0.3 is 9.32 Å². The summed E-state index contributed by atoms with van der Waals surface area (Å²) in [7, 11) is 0. The second-order valence-electron chi connectivity index (χ2n) is 15.9. The molecule has 0 amide bonds. The maximum absolute atomic E-state index is 6.90. The van der Waals surface area contributed by atoms with E-state index < -0.39 is 5.41 Å². The van der Waals surface area contributed by atoms with Crippen molar-refractivity contribution < 1.29 is 4.42 Å². The van der Waals surface area contributed by atoms with Gasteiger partial charge in [-0.15, -0.1) is 0 Å². The van der Waals surface area contributed by atoms with Crippen molar-refractivity contribution in [3.05, 3.63) is 259 Å². The number of benzene rings is 10. The van der Waals surface area contributed by atoms with E-state index in [-0.39, 0.29) is 0 Å². The summed E-state index contributed by atoms with van der Waals surface area (Å²) >= 11 is 0. The molecule has 0 N–H and O–H groups in total. The number of hydrogen-bond donors (Lipinski definition) is 0. The highest BCUT2D eigenvalue weighted by Gasteiger charge is 2.46. The molecule has 2 heteroatoms. The van der Waals surface area contributed by atoms with Crippen molar-refractivity contribution in [1.82, 2.24) is 0 Å². The normalized spacial score (nSPS) is 12.7. The Morgan fingerprint density at radius 3 is 1.56 bits per heavy atom. The topological polar surface area (TPSA) is 16.4 Å². The highest BCUT2D eigenvalue weighted by molar-refractivity contribution is 6.23. The van der Waals surface area contributed by atoms with Gasteiger partial charge in [-0.25, -0.2) is 0 Å². The molecular formula is C59H39NO. The van der Waals surface area contributed by atoms with Gasteiger partial charge in [0, 0.05) is 22.1 Å². The van der Waals surface area contributed by atoms with Crippen LogP contribution in [0.25, 0.3) is 66.1 Å². The largest absolute Gasteiger partial charge is 0.455 e. The Morgan fingerprint density at radius 1 is 0.344 bits per heavy atom. The van der Waals surface area contributed by atoms with E-state index in [1.165, 1.54) is 55.6 Å². The molecule has 0 atom stereocenters. The number of fused-ring (bicyclic) bond motifs is 8. The molecule has 1 aliphatic rings. The summed E-state index contributed by atoms with van der Waals surface area (Å²) < 4.78 is 6.90. The minimum absolute atomic E-state index is 0.486. The summed E-state index contributed by atoms with van der Waals surface area (Å²) in [5.41, 5.74) is 16.9. The Morgan fingerprint density at radius 2 is 0.885 bits per heavy atom. The number of anilines is 3. The summed E-state index contributed by atoms with van der Waals surface area (Å²) in [4.78, 5) is 2.34. The van der Waals surface area contributed by atoms with Gasteiger partial charge in [-0.3, -0.25) is 0 Å². The van der Waals surface area contributed by atoms with E-state index in [1.54, 1.807) is 0 Å². The van der Waals surface area contributed by atoms with Crippen LogP contribution in [-0.4, -0.2) is 0 Å². The van der Waals surface area contributed by atoms with Gasteiger partial charge in [0.15, 0.2) is 0 Å². The second kappa shape index (κ2) is 14.1. The molecule has 11 aromatic rings. The highest BCUT2D eigenvalue weighted by atomic mass is 16.3. The molecule has 0 spiro atoms. The van der Waals surface area contributed by atoms with Crippen LogP contribution in [-0.2, 0) is 5.41 Å². The second-order valence-corrected chi connectivity index (χ2v) is 15.9. The van der Waals surface area contributed by atoms with Crippen molar-refractivity contribution in [1.29, 1.82) is 0 Å². The zero-order valence-electron chi connectivity index (χ0n) is 33.4. The summed E-state index contributed by atoms with van der Waals surface area (Å²) in [6, 6.07) is 85.9. The fraction of sp³-hybridized carbons (Fsp3) is 0.0169. The zero-order chi connectivity index (χ0) is 40.3. The van der Waals surface area contributed by atoms with Crippen LogP contribution in [0.15, 0.2) is 241 Å². The smallest absolute Gasteiger partial charge is 0.143 e. The quantitative estimate of drug-likeness (QED) is 0.160. The molecule has 1 aliphatic carbocycles. The molecule has 0 bridgehead atoms. The van der Waals surface area contributed by atoms with Gasteiger partial charge in [-0.1, -0.05) is 188 Å². The lowest BCUT2D eigenvalue weighted by Gasteiger charge is -2.34. The number of nitrogens with zero attached hydrogens (tertiary/aromatic N) is 1. The standard InChI is InChI=1S/C59H39NO/c1-5-20-41(21-6-1)59(42-22-7-2-8-23-42)53-33-18-17-31-48(53)49-37-36-40(38-54(49)59)45-28-13-14-29-46(45)51-39-52-57-55(60(43-24-9-3-10-25-43)44-26-11-4-12-27-44)34-19-35-56(57)61-58(52)50-32-16-15-30-47(50)51/h1-39H. The first kappa shape index (κ1) is 35.0. The van der Waals surface area contributed by atoms with Crippen molar-refractivity contribution in [3.8, 4) is 33.4 Å². The third-order valence-corrected chi connectivity index (χ3v) is 12.7. The summed E-state index contributed by atoms with van der Waals surface area (Å²) in [5, 5.41) is 4.42. The van der Waals surface area contributed by atoms with Crippen LogP contribution >= 0.6 is 0 Å². The predicted octanol–water partition coefficient (Wildman–Crippen LogP) is 15.9. The lowest BCUT2D eigenvalue weighted by molar-refractivity contribution is 0.672. The maximum atomic E-state index is 6.90. The van der Waals surface area contributed by atoms with E-state index in [0.717, 1.165) is 49.8 Å². The van der Waals surface area contributed by atoms with Crippen LogP contribution in [0.1, 0.15) is 22.3 Å². The number of furan rings is 1. The zero-order valence-corrected chi connectivity index (χ0v) is 33.4. The number of hydrogen-bond acceptors (Lipinski definition) is 2. The van der Waals surface area contributed by atoms with Gasteiger partial charge in [0.25, 0.3) is 0 Å². The van der Waals surface area contributed by atoms with Crippen LogP contribution in [0, 0.1) is 0 Å². The average molecular weight is 778 g/mol. The molecule has 1 aromatic heterocycles. The Bertz CT molecular complexity index is 3330. The lowest BCUT2D eigenvalue weighted by Crippen LogP contribution is -2.28. The van der Waals surface area contributed by atoms with Gasteiger partial charge in [-0.05, 0) is 110 Å². The molecule has 12 rings (SSSR count). The third kappa shape index (κ3) is 5.36. The van der Waals surface area contributed by atoms with Crippen LogP contribution in [0.3, 0.4) is 0 Å². The molecule has 1 heterocycles. The third-order valence-electron chi connectivity index (χ3n) is 12.7. The minimum Gasteiger partial charge on any atom is -0.455 e. The van der Waals surface area contributed by atoms with E-state index in [2.05, 4.69) is 241 Å². The van der Waals surface area contributed by atoms with Crippen molar-refractivity contribution in [2.24, 2.45) is 0 Å². The number of rotatable bonds is 7. The molecule has 286 valence electrons. The Hall–Kier alpha value is -7.94. The molecule has 0 fully saturated rings. The van der Waals surface area contributed by atoms with Crippen LogP contribution in [0.2, 0.25) is 0 Å². The Balaban J connectivity index is 1.11. The van der Waals surface area contributed by atoms with Gasteiger partial charge >= 0.3 is 0 Å². The van der Waals surface area contributed by atoms with Crippen molar-refractivity contribution >= 4 is 49.8 Å². The first-order valence-electron chi connectivity index (χ1n) is 21.0. The van der Waals surface area contributed by atoms with Gasteiger partial charge in [0.2, 0.25) is 0 Å². The summed E-state index contributed by atoms with van der Waals surface area (Å²) in [6.45, 7) is 0. The Labute approximate surface area is 355 Å². The van der Waals surface area contributed by atoms with Gasteiger partial charge in [0.1, 0.15) is 11.2 Å². The van der Waals surface area contributed by atoms with E-state index in [4.69, 9.17) is 4.42 Å². The van der Waals surface area contributed by atoms with Gasteiger partial charge in [-0.2, -0.15) is 0 Å². The summed E-state index contributed by atoms with van der Waals surface area (Å²) in [5.74, 6) is 0. The molecule has 2 nitrogen and oxygen atoms in total.